The Morgan fingerprint density at radius 2 is 1.66 bits per heavy atom. The third-order valence-corrected chi connectivity index (χ3v) is 12.0. The molecule has 1 N–H and O–H groups in total. The minimum absolute atomic E-state index is 0.0560. The zero-order valence-electron chi connectivity index (χ0n) is 21.1. The maximum Gasteiger partial charge on any atom is 0.302 e. The van der Waals surface area contributed by atoms with Gasteiger partial charge in [0.25, 0.3) is 8.32 Å². The lowest BCUT2D eigenvalue weighted by Gasteiger charge is -2.44. The molecule has 0 bridgehead atoms. The third kappa shape index (κ3) is 5.51. The number of allylic oxidation sites excluding steroid dienone is 1. The second kappa shape index (κ2) is 10.6. The number of rotatable bonds is 7. The minimum atomic E-state index is -2.63. The normalized spacial score (nSPS) is 22.6. The van der Waals surface area contributed by atoms with Crippen molar-refractivity contribution < 1.29 is 23.8 Å². The van der Waals surface area contributed by atoms with E-state index in [4.69, 9.17) is 13.9 Å². The van der Waals surface area contributed by atoms with Crippen LogP contribution >= 0.6 is 0 Å². The molecule has 2 aliphatic rings. The molecule has 0 saturated carbocycles. The number of carbonyl (C=O) groups is 1. The number of aliphatic hydroxyl groups excluding tert-OH is 1. The van der Waals surface area contributed by atoms with Gasteiger partial charge in [0, 0.05) is 12.8 Å². The fraction of sp³-hybridized carbons (Fsp3) is 0.414. The highest BCUT2D eigenvalue weighted by Gasteiger charge is 2.50. The Bertz CT molecular complexity index is 1030. The molecule has 0 saturated heterocycles. The average Bonchev–Trinajstić information content (AvgIpc) is 2.83. The third-order valence-electron chi connectivity index (χ3n) is 7.05. The molecule has 2 unspecified atom stereocenters. The van der Waals surface area contributed by atoms with Crippen LogP contribution in [0, 0.1) is 5.92 Å². The number of hydrogen-bond acceptors (Lipinski definition) is 5. The van der Waals surface area contributed by atoms with Crippen LogP contribution in [0.1, 0.15) is 40.5 Å². The first kappa shape index (κ1) is 25.6. The van der Waals surface area contributed by atoms with Gasteiger partial charge >= 0.3 is 5.97 Å². The van der Waals surface area contributed by atoms with E-state index in [1.807, 2.05) is 0 Å². The number of fused-ring (bicyclic) bond motifs is 1. The molecule has 1 aliphatic carbocycles. The molecule has 0 spiro atoms. The van der Waals surface area contributed by atoms with E-state index >= 15 is 0 Å². The summed E-state index contributed by atoms with van der Waals surface area (Å²) in [6.07, 6.45) is 4.16. The summed E-state index contributed by atoms with van der Waals surface area (Å²) < 4.78 is 18.1. The van der Waals surface area contributed by atoms with E-state index in [2.05, 4.69) is 87.5 Å². The Kier molecular flexibility index (Phi) is 7.76. The zero-order valence-corrected chi connectivity index (χ0v) is 22.1. The SMILES string of the molecule is CC(=O)OC[C@H]1OC(O)C=C2CC=C(CO[Si](c3ccccc3)(c3ccccc3)C(C)(C)C)CC21. The number of aliphatic hydroxyl groups is 1. The molecule has 0 fully saturated rings. The molecule has 4 rings (SSSR count). The van der Waals surface area contributed by atoms with Gasteiger partial charge in [0.15, 0.2) is 6.29 Å². The first-order valence-corrected chi connectivity index (χ1v) is 14.2. The van der Waals surface area contributed by atoms with Crippen LogP contribution in [0.15, 0.2) is 84.0 Å². The number of benzene rings is 2. The van der Waals surface area contributed by atoms with Crippen LogP contribution in [0.25, 0.3) is 0 Å². The van der Waals surface area contributed by atoms with Crippen molar-refractivity contribution in [3.05, 3.63) is 84.0 Å². The maximum atomic E-state index is 11.4. The number of carbonyl (C=O) groups excluding carboxylic acids is 1. The average molecular weight is 493 g/mol. The highest BCUT2D eigenvalue weighted by molar-refractivity contribution is 6.99. The van der Waals surface area contributed by atoms with Crippen molar-refractivity contribution >= 4 is 24.7 Å². The van der Waals surface area contributed by atoms with Gasteiger partial charge < -0.3 is 19.0 Å². The number of hydrogen-bond donors (Lipinski definition) is 1. The van der Waals surface area contributed by atoms with Gasteiger partial charge in [-0.15, -0.1) is 0 Å². The lowest BCUT2D eigenvalue weighted by Crippen LogP contribution is -2.66. The van der Waals surface area contributed by atoms with E-state index in [1.165, 1.54) is 22.9 Å². The largest absolute Gasteiger partial charge is 0.463 e. The minimum Gasteiger partial charge on any atom is -0.463 e. The van der Waals surface area contributed by atoms with Gasteiger partial charge in [0.2, 0.25) is 0 Å². The van der Waals surface area contributed by atoms with Gasteiger partial charge in [-0.3, -0.25) is 4.79 Å². The van der Waals surface area contributed by atoms with Gasteiger partial charge in [-0.05, 0) is 39.9 Å². The molecule has 2 aromatic carbocycles. The maximum absolute atomic E-state index is 11.4. The molecular weight excluding hydrogens is 456 g/mol. The molecule has 1 aliphatic heterocycles. The van der Waals surface area contributed by atoms with Gasteiger partial charge in [0.05, 0.1) is 6.61 Å². The van der Waals surface area contributed by atoms with E-state index < -0.39 is 14.6 Å². The lowest BCUT2D eigenvalue weighted by molar-refractivity contribution is -0.165. The Morgan fingerprint density at radius 3 is 2.20 bits per heavy atom. The van der Waals surface area contributed by atoms with Crippen LogP contribution in [0.3, 0.4) is 0 Å². The van der Waals surface area contributed by atoms with Crippen molar-refractivity contribution in [1.82, 2.24) is 0 Å². The van der Waals surface area contributed by atoms with E-state index in [1.54, 1.807) is 6.08 Å². The quantitative estimate of drug-likeness (QED) is 0.358. The van der Waals surface area contributed by atoms with Crippen molar-refractivity contribution in [3.8, 4) is 0 Å². The molecule has 5 nitrogen and oxygen atoms in total. The molecule has 0 aromatic heterocycles. The first-order chi connectivity index (χ1) is 16.7. The highest BCUT2D eigenvalue weighted by Crippen LogP contribution is 2.40. The monoisotopic (exact) mass is 492 g/mol. The summed E-state index contributed by atoms with van der Waals surface area (Å²) in [6, 6.07) is 21.3. The lowest BCUT2D eigenvalue weighted by atomic mass is 9.79. The molecule has 0 amide bonds. The Hall–Kier alpha value is -2.51. The molecule has 6 heteroatoms. The summed E-state index contributed by atoms with van der Waals surface area (Å²) in [6.45, 7) is 8.89. The van der Waals surface area contributed by atoms with Gasteiger partial charge in [0.1, 0.15) is 12.7 Å². The topological polar surface area (TPSA) is 65.0 Å². The van der Waals surface area contributed by atoms with E-state index in [0.717, 1.165) is 18.4 Å². The Balaban J connectivity index is 1.62. The molecule has 2 aromatic rings. The first-order valence-electron chi connectivity index (χ1n) is 12.3. The fourth-order valence-electron chi connectivity index (χ4n) is 5.40. The Morgan fingerprint density at radius 1 is 1.06 bits per heavy atom. The second-order valence-corrected chi connectivity index (χ2v) is 14.7. The van der Waals surface area contributed by atoms with Crippen molar-refractivity contribution in [2.24, 2.45) is 5.92 Å². The van der Waals surface area contributed by atoms with Crippen LogP contribution in [0.4, 0.5) is 0 Å². The summed E-state index contributed by atoms with van der Waals surface area (Å²) in [7, 11) is -2.63. The van der Waals surface area contributed by atoms with E-state index in [9.17, 15) is 9.90 Å². The van der Waals surface area contributed by atoms with E-state index in [-0.39, 0.29) is 29.6 Å². The summed E-state index contributed by atoms with van der Waals surface area (Å²) in [5, 5.41) is 12.5. The Labute approximate surface area is 209 Å². The van der Waals surface area contributed by atoms with Gasteiger partial charge in [-0.1, -0.05) is 93.1 Å². The van der Waals surface area contributed by atoms with Crippen LogP contribution in [0.5, 0.6) is 0 Å². The van der Waals surface area contributed by atoms with Crippen LogP contribution in [-0.4, -0.2) is 45.0 Å². The smallest absolute Gasteiger partial charge is 0.302 e. The van der Waals surface area contributed by atoms with Crippen LogP contribution in [0.2, 0.25) is 5.04 Å². The second-order valence-electron chi connectivity index (χ2n) is 10.4. The molecular formula is C29H36O5Si. The van der Waals surface area contributed by atoms with Crippen molar-refractivity contribution in [3.63, 3.8) is 0 Å². The number of esters is 1. The van der Waals surface area contributed by atoms with Crippen molar-refractivity contribution in [2.45, 2.75) is 58.0 Å². The van der Waals surface area contributed by atoms with Gasteiger partial charge in [-0.2, -0.15) is 0 Å². The summed E-state index contributed by atoms with van der Waals surface area (Å²) in [5.74, 6) is -0.290. The van der Waals surface area contributed by atoms with Crippen LogP contribution < -0.4 is 10.4 Å². The highest BCUT2D eigenvalue weighted by atomic mass is 28.4. The summed E-state index contributed by atoms with van der Waals surface area (Å²) in [4.78, 5) is 11.4. The van der Waals surface area contributed by atoms with Crippen molar-refractivity contribution in [1.29, 1.82) is 0 Å². The van der Waals surface area contributed by atoms with Crippen molar-refractivity contribution in [2.75, 3.05) is 13.2 Å². The summed E-state index contributed by atoms with van der Waals surface area (Å²) >= 11 is 0. The molecule has 35 heavy (non-hydrogen) atoms. The zero-order chi connectivity index (χ0) is 25.1. The van der Waals surface area contributed by atoms with Crippen LogP contribution in [-0.2, 0) is 18.7 Å². The fourth-order valence-corrected chi connectivity index (χ4v) is 9.96. The predicted octanol–water partition coefficient (Wildman–Crippen LogP) is 4.11. The molecule has 186 valence electrons. The summed E-state index contributed by atoms with van der Waals surface area (Å²) in [5.41, 5.74) is 2.35. The molecule has 3 atom stereocenters. The molecule has 1 heterocycles. The predicted molar refractivity (Wildman–Crippen MR) is 140 cm³/mol. The van der Waals surface area contributed by atoms with E-state index in [0.29, 0.717) is 6.61 Å². The standard InChI is InChI=1S/C29H36O5Si/c1-21(30)32-20-27-26-17-22(15-16-23(26)18-28(31)34-27)19-33-35(29(2,3)4,24-11-7-5-8-12-24)25-13-9-6-10-14-25/h5-15,18,26-28,31H,16-17,19-20H2,1-4H3/t26?,27-,28?/m1/s1. The number of ether oxygens (including phenoxy) is 2. The molecule has 0 radical (unpaired) electrons. The van der Waals surface area contributed by atoms with Gasteiger partial charge in [-0.25, -0.2) is 0 Å².